The lowest BCUT2D eigenvalue weighted by Crippen LogP contribution is -2.17. The molecule has 2 aromatic rings. The summed E-state index contributed by atoms with van der Waals surface area (Å²) in [6.45, 7) is 6.21. The zero-order chi connectivity index (χ0) is 15.5. The fourth-order valence-electron chi connectivity index (χ4n) is 1.54. The molecule has 0 aliphatic carbocycles. The molecule has 112 valence electrons. The number of carbonyl (C=O) groups is 1. The number of rotatable bonds is 3. The predicted octanol–water partition coefficient (Wildman–Crippen LogP) is 4.06. The number of anilines is 1. The van der Waals surface area contributed by atoms with Crippen molar-refractivity contribution < 1.29 is 14.3 Å². The van der Waals surface area contributed by atoms with Crippen molar-refractivity contribution in [2.45, 2.75) is 26.2 Å². The smallest absolute Gasteiger partial charge is 0.418 e. The van der Waals surface area contributed by atoms with E-state index in [0.717, 1.165) is 5.69 Å². The largest absolute Gasteiger partial charge is 0.497 e. The summed E-state index contributed by atoms with van der Waals surface area (Å²) < 4.78 is 10.2. The minimum Gasteiger partial charge on any atom is -0.497 e. The molecule has 6 heteroatoms. The third-order valence-electron chi connectivity index (χ3n) is 2.75. The Labute approximate surface area is 127 Å². The quantitative estimate of drug-likeness (QED) is 0.929. The number of ether oxygens (including phenoxy) is 2. The van der Waals surface area contributed by atoms with Gasteiger partial charge in [-0.1, -0.05) is 20.8 Å². The molecule has 2 rings (SSSR count). The number of methoxy groups -OCH3 is 1. The van der Waals surface area contributed by atoms with E-state index in [2.05, 4.69) is 31.1 Å². The van der Waals surface area contributed by atoms with Gasteiger partial charge in [-0.15, -0.1) is 11.3 Å². The van der Waals surface area contributed by atoms with Crippen LogP contribution in [0.2, 0.25) is 0 Å². The minimum absolute atomic E-state index is 0.0453. The van der Waals surface area contributed by atoms with Crippen molar-refractivity contribution in [3.05, 3.63) is 35.3 Å². The molecule has 21 heavy (non-hydrogen) atoms. The van der Waals surface area contributed by atoms with Gasteiger partial charge in [-0.2, -0.15) is 0 Å². The number of nitrogens with one attached hydrogen (secondary N) is 1. The van der Waals surface area contributed by atoms with Crippen LogP contribution >= 0.6 is 11.3 Å². The van der Waals surface area contributed by atoms with E-state index in [4.69, 9.17) is 9.47 Å². The van der Waals surface area contributed by atoms with Gasteiger partial charge >= 0.3 is 6.09 Å². The summed E-state index contributed by atoms with van der Waals surface area (Å²) in [6.07, 6.45) is -0.560. The van der Waals surface area contributed by atoms with Gasteiger partial charge in [0.2, 0.25) is 0 Å². The van der Waals surface area contributed by atoms with Gasteiger partial charge in [0.15, 0.2) is 5.13 Å². The van der Waals surface area contributed by atoms with E-state index in [1.54, 1.807) is 31.4 Å². The summed E-state index contributed by atoms with van der Waals surface area (Å²) >= 11 is 1.38. The maximum Gasteiger partial charge on any atom is 0.418 e. The highest BCUT2D eigenvalue weighted by Gasteiger charge is 2.18. The Hall–Kier alpha value is -2.08. The van der Waals surface area contributed by atoms with Crippen LogP contribution in [0.3, 0.4) is 0 Å². The van der Waals surface area contributed by atoms with Gasteiger partial charge < -0.3 is 9.47 Å². The van der Waals surface area contributed by atoms with E-state index in [1.807, 2.05) is 5.38 Å². The van der Waals surface area contributed by atoms with Crippen LogP contribution in [-0.4, -0.2) is 18.2 Å². The first-order valence-corrected chi connectivity index (χ1v) is 7.35. The van der Waals surface area contributed by atoms with Crippen LogP contribution in [0.4, 0.5) is 9.93 Å². The first-order valence-electron chi connectivity index (χ1n) is 6.47. The van der Waals surface area contributed by atoms with Crippen LogP contribution in [0, 0.1) is 0 Å². The van der Waals surface area contributed by atoms with Gasteiger partial charge in [0.1, 0.15) is 11.5 Å². The Bertz CT molecular complexity index is 615. The van der Waals surface area contributed by atoms with E-state index in [-0.39, 0.29) is 5.41 Å². The summed E-state index contributed by atoms with van der Waals surface area (Å²) in [6, 6.07) is 6.79. The number of hydrogen-bond donors (Lipinski definition) is 1. The predicted molar refractivity (Wildman–Crippen MR) is 83.5 cm³/mol. The third-order valence-corrected chi connectivity index (χ3v) is 3.51. The average molecular weight is 306 g/mol. The van der Waals surface area contributed by atoms with Crippen molar-refractivity contribution in [2.24, 2.45) is 0 Å². The van der Waals surface area contributed by atoms with Gasteiger partial charge in [-0.05, 0) is 24.3 Å². The second kappa shape index (κ2) is 6.13. The van der Waals surface area contributed by atoms with E-state index in [9.17, 15) is 4.79 Å². The Morgan fingerprint density at radius 2 is 1.81 bits per heavy atom. The zero-order valence-electron chi connectivity index (χ0n) is 12.5. The normalized spacial score (nSPS) is 11.0. The number of aromatic nitrogens is 1. The van der Waals surface area contributed by atoms with Gasteiger partial charge in [0.25, 0.3) is 0 Å². The monoisotopic (exact) mass is 306 g/mol. The van der Waals surface area contributed by atoms with Gasteiger partial charge in [0, 0.05) is 10.8 Å². The van der Waals surface area contributed by atoms with E-state index < -0.39 is 6.09 Å². The molecule has 0 saturated heterocycles. The van der Waals surface area contributed by atoms with Crippen LogP contribution in [0.1, 0.15) is 26.5 Å². The van der Waals surface area contributed by atoms with Crippen LogP contribution in [0.15, 0.2) is 29.6 Å². The van der Waals surface area contributed by atoms with Crippen LogP contribution in [0.25, 0.3) is 0 Å². The first kappa shape index (κ1) is 15.3. The molecule has 0 aliphatic rings. The number of nitrogens with zero attached hydrogens (tertiary/aromatic N) is 1. The molecule has 1 heterocycles. The molecule has 0 bridgehead atoms. The van der Waals surface area contributed by atoms with Gasteiger partial charge in [0.05, 0.1) is 12.8 Å². The Balaban J connectivity index is 1.96. The molecule has 0 atom stereocenters. The summed E-state index contributed by atoms with van der Waals surface area (Å²) in [5, 5.41) is 5.09. The molecule has 1 aromatic heterocycles. The van der Waals surface area contributed by atoms with E-state index in [0.29, 0.717) is 16.6 Å². The van der Waals surface area contributed by atoms with Crippen molar-refractivity contribution in [1.29, 1.82) is 0 Å². The van der Waals surface area contributed by atoms with Crippen molar-refractivity contribution in [3.63, 3.8) is 0 Å². The number of hydrogen-bond acceptors (Lipinski definition) is 5. The maximum absolute atomic E-state index is 11.8. The second-order valence-electron chi connectivity index (χ2n) is 5.48. The van der Waals surface area contributed by atoms with Crippen LogP contribution in [-0.2, 0) is 5.41 Å². The number of amides is 1. The number of benzene rings is 1. The lowest BCUT2D eigenvalue weighted by atomic mass is 9.93. The molecule has 0 unspecified atom stereocenters. The van der Waals surface area contributed by atoms with Crippen molar-refractivity contribution >= 4 is 22.6 Å². The van der Waals surface area contributed by atoms with Gasteiger partial charge in [-0.25, -0.2) is 9.78 Å². The summed E-state index contributed by atoms with van der Waals surface area (Å²) in [5.41, 5.74) is 0.892. The Kier molecular flexibility index (Phi) is 4.47. The fraction of sp³-hybridized carbons (Fsp3) is 0.333. The van der Waals surface area contributed by atoms with Crippen LogP contribution < -0.4 is 14.8 Å². The average Bonchev–Trinajstić information content (AvgIpc) is 2.88. The molecule has 0 radical (unpaired) electrons. The highest BCUT2D eigenvalue weighted by atomic mass is 32.1. The molecule has 0 saturated carbocycles. The molecule has 0 spiro atoms. The molecule has 1 amide bonds. The summed E-state index contributed by atoms with van der Waals surface area (Å²) in [4.78, 5) is 16.2. The van der Waals surface area contributed by atoms with Crippen LogP contribution in [0.5, 0.6) is 11.5 Å². The molecule has 1 N–H and O–H groups in total. The second-order valence-corrected chi connectivity index (χ2v) is 6.34. The molecule has 0 fully saturated rings. The molecule has 5 nitrogen and oxygen atoms in total. The van der Waals surface area contributed by atoms with E-state index >= 15 is 0 Å². The van der Waals surface area contributed by atoms with Gasteiger partial charge in [-0.3, -0.25) is 5.32 Å². The zero-order valence-corrected chi connectivity index (χ0v) is 13.3. The Morgan fingerprint density at radius 1 is 1.19 bits per heavy atom. The third kappa shape index (κ3) is 4.19. The Morgan fingerprint density at radius 3 is 2.33 bits per heavy atom. The number of thiazole rings is 1. The van der Waals surface area contributed by atoms with Crippen molar-refractivity contribution in [2.75, 3.05) is 12.4 Å². The summed E-state index contributed by atoms with van der Waals surface area (Å²) in [7, 11) is 1.58. The lowest BCUT2D eigenvalue weighted by Gasteiger charge is -2.14. The first-order chi connectivity index (χ1) is 9.88. The highest BCUT2D eigenvalue weighted by molar-refractivity contribution is 7.13. The fourth-order valence-corrected chi connectivity index (χ4v) is 2.46. The topological polar surface area (TPSA) is 60.5 Å². The highest BCUT2D eigenvalue weighted by Crippen LogP contribution is 2.26. The molecular weight excluding hydrogens is 288 g/mol. The maximum atomic E-state index is 11.8. The van der Waals surface area contributed by atoms with Crippen molar-refractivity contribution in [1.82, 2.24) is 4.98 Å². The van der Waals surface area contributed by atoms with Crippen molar-refractivity contribution in [3.8, 4) is 11.5 Å². The SMILES string of the molecule is COc1ccc(OC(=O)Nc2nc(C(C)(C)C)cs2)cc1. The minimum atomic E-state index is -0.560. The number of carbonyl (C=O) groups excluding carboxylic acids is 1. The van der Waals surface area contributed by atoms with E-state index in [1.165, 1.54) is 11.3 Å². The molecule has 0 aliphatic heterocycles. The lowest BCUT2D eigenvalue weighted by molar-refractivity contribution is 0.215. The molecule has 1 aromatic carbocycles. The molecular formula is C15H18N2O3S. The summed E-state index contributed by atoms with van der Waals surface area (Å²) in [5.74, 6) is 1.15. The standard InChI is InChI=1S/C15H18N2O3S/c1-15(2,3)12-9-21-13(16-12)17-14(18)20-11-7-5-10(19-4)6-8-11/h5-9H,1-4H3,(H,16,17,18).